The molecule has 1 aromatic carbocycles. The molecule has 29 heavy (non-hydrogen) atoms. The van der Waals surface area contributed by atoms with E-state index in [2.05, 4.69) is 56.5 Å². The van der Waals surface area contributed by atoms with Crippen LogP contribution in [0.5, 0.6) is 0 Å². The van der Waals surface area contributed by atoms with Crippen molar-refractivity contribution in [3.8, 4) is 0 Å². The van der Waals surface area contributed by atoms with Crippen LogP contribution in [0.15, 0.2) is 35.1 Å². The van der Waals surface area contributed by atoms with Gasteiger partial charge in [0, 0.05) is 19.6 Å². The summed E-state index contributed by atoms with van der Waals surface area (Å²) in [4.78, 5) is 23.7. The van der Waals surface area contributed by atoms with E-state index < -0.39 is 0 Å². The molecule has 0 radical (unpaired) electrons. The summed E-state index contributed by atoms with van der Waals surface area (Å²) in [5, 5.41) is 8.09. The quantitative estimate of drug-likeness (QED) is 0.692. The van der Waals surface area contributed by atoms with Crippen LogP contribution in [0.2, 0.25) is 0 Å². The molecule has 4 rings (SSSR count). The fraction of sp³-hybridized carbons (Fsp3) is 0.455. The Kier molecular flexibility index (Phi) is 5.74. The van der Waals surface area contributed by atoms with Gasteiger partial charge in [-0.2, -0.15) is 4.98 Å². The van der Waals surface area contributed by atoms with Crippen LogP contribution in [0.1, 0.15) is 43.5 Å². The van der Waals surface area contributed by atoms with Crippen molar-refractivity contribution >= 4 is 22.8 Å². The molecule has 1 fully saturated rings. The van der Waals surface area contributed by atoms with Gasteiger partial charge in [-0.05, 0) is 36.8 Å². The Labute approximate surface area is 170 Å². The Hall–Kier alpha value is -2.96. The fourth-order valence-electron chi connectivity index (χ4n) is 3.92. The van der Waals surface area contributed by atoms with Gasteiger partial charge in [-0.15, -0.1) is 0 Å². The van der Waals surface area contributed by atoms with Gasteiger partial charge >= 0.3 is 0 Å². The lowest BCUT2D eigenvalue weighted by Gasteiger charge is -2.33. The number of amides is 1. The number of piperidine rings is 1. The highest BCUT2D eigenvalue weighted by atomic mass is 16.5. The molecule has 1 aliphatic rings. The van der Waals surface area contributed by atoms with Gasteiger partial charge in [0.2, 0.25) is 5.91 Å². The minimum Gasteiger partial charge on any atom is -0.355 e. The molecular formula is C22H27N5O2. The van der Waals surface area contributed by atoms with Crippen LogP contribution >= 0.6 is 0 Å². The number of aromatic nitrogens is 3. The number of rotatable bonds is 6. The van der Waals surface area contributed by atoms with Crippen LogP contribution in [0.3, 0.4) is 0 Å². The molecule has 0 spiro atoms. The number of carbonyl (C=O) groups excluding carboxylic acids is 1. The van der Waals surface area contributed by atoms with E-state index in [4.69, 9.17) is 4.52 Å². The van der Waals surface area contributed by atoms with E-state index in [0.717, 1.165) is 54.7 Å². The minimum atomic E-state index is -0.0615. The molecule has 7 heteroatoms. The normalized spacial score (nSPS) is 16.9. The first kappa shape index (κ1) is 19.4. The second-order valence-electron chi connectivity index (χ2n) is 7.53. The zero-order valence-electron chi connectivity index (χ0n) is 17.0. The predicted molar refractivity (Wildman–Crippen MR) is 112 cm³/mol. The second kappa shape index (κ2) is 8.59. The maximum atomic E-state index is 12.8. The number of hydrogen-bond acceptors (Lipinski definition) is 6. The van der Waals surface area contributed by atoms with E-state index in [9.17, 15) is 4.79 Å². The summed E-state index contributed by atoms with van der Waals surface area (Å²) < 4.78 is 5.34. The van der Waals surface area contributed by atoms with Gasteiger partial charge < -0.3 is 14.7 Å². The number of hydrogen-bond donors (Lipinski definition) is 1. The summed E-state index contributed by atoms with van der Waals surface area (Å²) >= 11 is 0. The molecule has 0 aliphatic carbocycles. The summed E-state index contributed by atoms with van der Waals surface area (Å²) in [6.07, 6.45) is 5.11. The molecule has 0 saturated carbocycles. The predicted octanol–water partition coefficient (Wildman–Crippen LogP) is 3.28. The lowest BCUT2D eigenvalue weighted by molar-refractivity contribution is -0.125. The molecule has 1 saturated heterocycles. The molecule has 0 bridgehead atoms. The van der Waals surface area contributed by atoms with E-state index in [0.29, 0.717) is 18.8 Å². The van der Waals surface area contributed by atoms with Crippen molar-refractivity contribution in [1.29, 1.82) is 0 Å². The van der Waals surface area contributed by atoms with Gasteiger partial charge in [0.25, 0.3) is 5.71 Å². The molecule has 1 N–H and O–H groups in total. The number of carbonyl (C=O) groups is 1. The van der Waals surface area contributed by atoms with Gasteiger partial charge in [0.05, 0.1) is 11.6 Å². The molecule has 1 aliphatic heterocycles. The molecular weight excluding hydrogens is 366 g/mol. The maximum Gasteiger partial charge on any atom is 0.263 e. The highest BCUT2D eigenvalue weighted by Gasteiger charge is 2.28. The number of nitrogens with one attached hydrogen (secondary N) is 1. The van der Waals surface area contributed by atoms with E-state index in [1.165, 1.54) is 11.9 Å². The standard InChI is InChI=1S/C22H27N5O2/c1-3-15-7-9-16(10-8-15)12-23-21(28)17-6-5-11-27(13-17)20-19-18(4-2)26-29-22(19)25-14-24-20/h7-10,14,17H,3-6,11-13H2,1-2H3,(H,23,28)/t17-/m1/s1. The van der Waals surface area contributed by atoms with Crippen LogP contribution in [-0.2, 0) is 24.2 Å². The van der Waals surface area contributed by atoms with Gasteiger partial charge in [-0.3, -0.25) is 4.79 Å². The zero-order chi connectivity index (χ0) is 20.2. The van der Waals surface area contributed by atoms with Gasteiger partial charge in [-0.1, -0.05) is 43.3 Å². The average molecular weight is 393 g/mol. The lowest BCUT2D eigenvalue weighted by Crippen LogP contribution is -2.43. The SMILES string of the molecule is CCc1ccc(CNC(=O)[C@@H]2CCCN(c3ncnc4onc(CC)c34)C2)cc1. The van der Waals surface area contributed by atoms with Crippen molar-refractivity contribution < 1.29 is 9.32 Å². The second-order valence-corrected chi connectivity index (χ2v) is 7.53. The minimum absolute atomic E-state index is 0.0615. The number of aryl methyl sites for hydroxylation is 2. The number of anilines is 1. The van der Waals surface area contributed by atoms with Crippen LogP contribution < -0.4 is 10.2 Å². The Bertz CT molecular complexity index is 983. The van der Waals surface area contributed by atoms with Gasteiger partial charge in [0.1, 0.15) is 17.5 Å². The highest BCUT2D eigenvalue weighted by molar-refractivity contribution is 5.88. The topological polar surface area (TPSA) is 84.2 Å². The summed E-state index contributed by atoms with van der Waals surface area (Å²) in [7, 11) is 0. The molecule has 2 aromatic heterocycles. The number of fused-ring (bicyclic) bond motifs is 1. The van der Waals surface area contributed by atoms with Crippen LogP contribution in [-0.4, -0.2) is 34.1 Å². The van der Waals surface area contributed by atoms with Gasteiger partial charge in [0.15, 0.2) is 0 Å². The number of benzene rings is 1. The van der Waals surface area contributed by atoms with Crippen molar-refractivity contribution in [2.45, 2.75) is 46.1 Å². The first-order chi connectivity index (χ1) is 14.2. The smallest absolute Gasteiger partial charge is 0.263 e. The van der Waals surface area contributed by atoms with Crippen LogP contribution in [0, 0.1) is 5.92 Å². The van der Waals surface area contributed by atoms with E-state index in [1.807, 2.05) is 6.92 Å². The average Bonchev–Trinajstić information content (AvgIpc) is 3.21. The van der Waals surface area contributed by atoms with Crippen molar-refractivity contribution in [2.75, 3.05) is 18.0 Å². The van der Waals surface area contributed by atoms with Crippen molar-refractivity contribution in [1.82, 2.24) is 20.4 Å². The summed E-state index contributed by atoms with van der Waals surface area (Å²) in [5.41, 5.74) is 3.80. The largest absolute Gasteiger partial charge is 0.355 e. The van der Waals surface area contributed by atoms with Crippen LogP contribution in [0.4, 0.5) is 5.82 Å². The summed E-state index contributed by atoms with van der Waals surface area (Å²) in [5.74, 6) is 0.856. The third-order valence-electron chi connectivity index (χ3n) is 5.65. The van der Waals surface area contributed by atoms with Crippen molar-refractivity contribution in [2.24, 2.45) is 5.92 Å². The molecule has 7 nitrogen and oxygen atoms in total. The monoisotopic (exact) mass is 393 g/mol. The highest BCUT2D eigenvalue weighted by Crippen LogP contribution is 2.30. The summed E-state index contributed by atoms with van der Waals surface area (Å²) in [6.45, 7) is 6.24. The molecule has 3 aromatic rings. The molecule has 1 amide bonds. The Morgan fingerprint density at radius 3 is 2.72 bits per heavy atom. The van der Waals surface area contributed by atoms with Gasteiger partial charge in [-0.25, -0.2) is 4.98 Å². The van der Waals surface area contributed by atoms with E-state index in [-0.39, 0.29) is 11.8 Å². The first-order valence-electron chi connectivity index (χ1n) is 10.4. The van der Waals surface area contributed by atoms with E-state index >= 15 is 0 Å². The van der Waals surface area contributed by atoms with Crippen molar-refractivity contribution in [3.63, 3.8) is 0 Å². The van der Waals surface area contributed by atoms with Crippen molar-refractivity contribution in [3.05, 3.63) is 47.4 Å². The molecule has 3 heterocycles. The lowest BCUT2D eigenvalue weighted by atomic mass is 9.96. The Balaban J connectivity index is 1.44. The maximum absolute atomic E-state index is 12.8. The third kappa shape index (κ3) is 4.09. The molecule has 0 unspecified atom stereocenters. The first-order valence-corrected chi connectivity index (χ1v) is 10.4. The zero-order valence-corrected chi connectivity index (χ0v) is 17.0. The van der Waals surface area contributed by atoms with Crippen LogP contribution in [0.25, 0.3) is 11.1 Å². The Morgan fingerprint density at radius 1 is 1.17 bits per heavy atom. The summed E-state index contributed by atoms with van der Waals surface area (Å²) in [6, 6.07) is 8.41. The molecule has 1 atom stereocenters. The molecule has 152 valence electrons. The third-order valence-corrected chi connectivity index (χ3v) is 5.65. The number of nitrogens with zero attached hydrogens (tertiary/aromatic N) is 4. The fourth-order valence-corrected chi connectivity index (χ4v) is 3.92. The van der Waals surface area contributed by atoms with E-state index in [1.54, 1.807) is 0 Å². The Morgan fingerprint density at radius 2 is 1.97 bits per heavy atom.